The van der Waals surface area contributed by atoms with Crippen LogP contribution < -0.4 is 19.1 Å². The van der Waals surface area contributed by atoms with E-state index in [2.05, 4.69) is 36.5 Å². The van der Waals surface area contributed by atoms with Crippen LogP contribution in [0.1, 0.15) is 12.0 Å². The molecule has 0 saturated heterocycles. The molecule has 1 amide bonds. The van der Waals surface area contributed by atoms with Crippen molar-refractivity contribution in [1.82, 2.24) is 5.32 Å². The summed E-state index contributed by atoms with van der Waals surface area (Å²) in [4.78, 5) is 14.1. The molecule has 3 aromatic rings. The van der Waals surface area contributed by atoms with Gasteiger partial charge in [-0.2, -0.15) is 0 Å². The molecule has 1 N–H and O–H groups in total. The van der Waals surface area contributed by atoms with E-state index >= 15 is 0 Å². The molecule has 1 heterocycles. The highest BCUT2D eigenvalue weighted by Crippen LogP contribution is 2.35. The number of hydrogen-bond donors (Lipinski definition) is 1. The summed E-state index contributed by atoms with van der Waals surface area (Å²) in [6, 6.07) is 21.3. The zero-order valence-electron chi connectivity index (χ0n) is 19.5. The molecule has 0 radical (unpaired) electrons. The van der Waals surface area contributed by atoms with E-state index in [1.54, 1.807) is 48.2 Å². The average molecular weight is 513 g/mol. The number of amides is 1. The molecule has 0 bridgehead atoms. The largest absolute Gasteiger partial charge is 0.486 e. The van der Waals surface area contributed by atoms with Crippen LogP contribution in [0, 0.1) is 6.92 Å². The van der Waals surface area contributed by atoms with E-state index in [9.17, 15) is 13.2 Å². The van der Waals surface area contributed by atoms with E-state index in [0.29, 0.717) is 36.9 Å². The first-order valence-electron chi connectivity index (χ1n) is 11.4. The van der Waals surface area contributed by atoms with Gasteiger partial charge in [-0.25, -0.2) is 8.42 Å². The van der Waals surface area contributed by atoms with Gasteiger partial charge in [0.2, 0.25) is 5.91 Å². The number of hydrogen-bond acceptors (Lipinski definition) is 6. The Hall–Kier alpha value is -3.17. The monoisotopic (exact) mass is 512 g/mol. The molecule has 3 aromatic carbocycles. The summed E-state index contributed by atoms with van der Waals surface area (Å²) >= 11 is 1.72. The van der Waals surface area contributed by atoms with Crippen molar-refractivity contribution < 1.29 is 22.7 Å². The number of benzene rings is 3. The summed E-state index contributed by atoms with van der Waals surface area (Å²) in [6.45, 7) is 2.97. The third-order valence-electron chi connectivity index (χ3n) is 5.37. The fraction of sp³-hybridized carbons (Fsp3) is 0.269. The fourth-order valence-corrected chi connectivity index (χ4v) is 5.82. The van der Waals surface area contributed by atoms with Gasteiger partial charge >= 0.3 is 0 Å². The van der Waals surface area contributed by atoms with Crippen LogP contribution in [0.25, 0.3) is 0 Å². The van der Waals surface area contributed by atoms with Crippen molar-refractivity contribution >= 4 is 33.4 Å². The summed E-state index contributed by atoms with van der Waals surface area (Å²) in [5.41, 5.74) is 1.55. The van der Waals surface area contributed by atoms with Gasteiger partial charge in [-0.3, -0.25) is 9.10 Å². The Morgan fingerprint density at radius 2 is 1.69 bits per heavy atom. The second kappa shape index (κ2) is 11.5. The van der Waals surface area contributed by atoms with Crippen molar-refractivity contribution in [1.29, 1.82) is 0 Å². The number of thioether (sulfide) groups is 1. The first-order valence-corrected chi connectivity index (χ1v) is 13.8. The van der Waals surface area contributed by atoms with Crippen molar-refractivity contribution in [2.75, 3.05) is 36.4 Å². The number of aryl methyl sites for hydroxylation is 1. The number of fused-ring (bicyclic) bond motifs is 1. The van der Waals surface area contributed by atoms with Crippen LogP contribution in [0.2, 0.25) is 0 Å². The molecule has 184 valence electrons. The fourth-order valence-electron chi connectivity index (χ4n) is 3.53. The van der Waals surface area contributed by atoms with E-state index in [1.807, 2.05) is 0 Å². The number of anilines is 1. The smallest absolute Gasteiger partial charge is 0.264 e. The maximum Gasteiger partial charge on any atom is 0.264 e. The second-order valence-electron chi connectivity index (χ2n) is 8.02. The van der Waals surface area contributed by atoms with Gasteiger partial charge in [0.1, 0.15) is 19.8 Å². The third kappa shape index (κ3) is 6.49. The van der Waals surface area contributed by atoms with Gasteiger partial charge in [0.25, 0.3) is 10.0 Å². The summed E-state index contributed by atoms with van der Waals surface area (Å²) in [5, 5.41) is 2.85. The Kier molecular flexibility index (Phi) is 8.20. The van der Waals surface area contributed by atoms with Crippen LogP contribution in [0.15, 0.2) is 82.6 Å². The van der Waals surface area contributed by atoms with Crippen molar-refractivity contribution in [3.05, 3.63) is 78.4 Å². The Balaban J connectivity index is 1.42. The molecule has 0 spiro atoms. The molecule has 35 heavy (non-hydrogen) atoms. The van der Waals surface area contributed by atoms with E-state index in [-0.39, 0.29) is 17.3 Å². The molecule has 1 aliphatic rings. The standard InChI is InChI=1S/C26H28N2O5S2/c1-20-8-11-22(12-9-20)34-17-5-14-27-26(29)19-28(35(30,31)23-6-3-2-4-7-23)21-10-13-24-25(18-21)33-16-15-32-24/h2-4,6-13,18H,5,14-17,19H2,1H3,(H,27,29). The minimum atomic E-state index is -3.98. The first-order chi connectivity index (χ1) is 16.9. The van der Waals surface area contributed by atoms with Crippen LogP contribution in [0.3, 0.4) is 0 Å². The van der Waals surface area contributed by atoms with Gasteiger partial charge < -0.3 is 14.8 Å². The molecule has 9 heteroatoms. The van der Waals surface area contributed by atoms with Crippen molar-refractivity contribution in [3.63, 3.8) is 0 Å². The van der Waals surface area contributed by atoms with Gasteiger partial charge in [-0.05, 0) is 55.5 Å². The van der Waals surface area contributed by atoms with E-state index in [1.165, 1.54) is 22.6 Å². The minimum Gasteiger partial charge on any atom is -0.486 e. The maximum absolute atomic E-state index is 13.5. The van der Waals surface area contributed by atoms with Gasteiger partial charge in [0.15, 0.2) is 11.5 Å². The van der Waals surface area contributed by atoms with Gasteiger partial charge in [-0.1, -0.05) is 35.9 Å². The van der Waals surface area contributed by atoms with Gasteiger partial charge in [0.05, 0.1) is 10.6 Å². The number of rotatable bonds is 10. The van der Waals surface area contributed by atoms with Crippen LogP contribution in [-0.4, -0.2) is 46.4 Å². The molecular formula is C26H28N2O5S2. The van der Waals surface area contributed by atoms with E-state index in [0.717, 1.165) is 16.5 Å². The number of nitrogens with one attached hydrogen (secondary N) is 1. The number of carbonyl (C=O) groups excluding carboxylic acids is 1. The molecule has 0 atom stereocenters. The Labute approximate surface area is 210 Å². The highest BCUT2D eigenvalue weighted by Gasteiger charge is 2.28. The molecule has 0 saturated carbocycles. The Morgan fingerprint density at radius 1 is 0.971 bits per heavy atom. The lowest BCUT2D eigenvalue weighted by atomic mass is 10.2. The van der Waals surface area contributed by atoms with Crippen LogP contribution in [-0.2, 0) is 14.8 Å². The molecule has 4 rings (SSSR count). The number of nitrogens with zero attached hydrogens (tertiary/aromatic N) is 1. The molecule has 0 fully saturated rings. The third-order valence-corrected chi connectivity index (χ3v) is 8.25. The summed E-state index contributed by atoms with van der Waals surface area (Å²) in [7, 11) is -3.98. The quantitative estimate of drug-likeness (QED) is 0.323. The predicted octanol–water partition coefficient (Wildman–Crippen LogP) is 4.26. The predicted molar refractivity (Wildman–Crippen MR) is 138 cm³/mol. The van der Waals surface area contributed by atoms with Crippen LogP contribution in [0.5, 0.6) is 11.5 Å². The lowest BCUT2D eigenvalue weighted by molar-refractivity contribution is -0.119. The zero-order valence-corrected chi connectivity index (χ0v) is 21.1. The van der Waals surface area contributed by atoms with E-state index in [4.69, 9.17) is 9.47 Å². The van der Waals surface area contributed by atoms with E-state index < -0.39 is 10.0 Å². The van der Waals surface area contributed by atoms with Crippen molar-refractivity contribution in [3.8, 4) is 11.5 Å². The highest BCUT2D eigenvalue weighted by atomic mass is 32.2. The molecule has 0 aromatic heterocycles. The normalized spacial score (nSPS) is 12.7. The number of carbonyl (C=O) groups is 1. The topological polar surface area (TPSA) is 84.9 Å². The molecule has 0 aliphatic carbocycles. The second-order valence-corrected chi connectivity index (χ2v) is 11.0. The minimum absolute atomic E-state index is 0.109. The SMILES string of the molecule is Cc1ccc(SCCCNC(=O)CN(c2ccc3c(c2)OCCO3)S(=O)(=O)c2ccccc2)cc1. The molecule has 0 unspecified atom stereocenters. The number of sulfonamides is 1. The Morgan fingerprint density at radius 3 is 2.43 bits per heavy atom. The van der Waals surface area contributed by atoms with Crippen LogP contribution >= 0.6 is 11.8 Å². The highest BCUT2D eigenvalue weighted by molar-refractivity contribution is 7.99. The average Bonchev–Trinajstić information content (AvgIpc) is 2.88. The maximum atomic E-state index is 13.5. The molecule has 7 nitrogen and oxygen atoms in total. The Bertz CT molecular complexity index is 1250. The lowest BCUT2D eigenvalue weighted by Crippen LogP contribution is -2.41. The number of ether oxygens (including phenoxy) is 2. The lowest BCUT2D eigenvalue weighted by Gasteiger charge is -2.26. The van der Waals surface area contributed by atoms with Gasteiger partial charge in [-0.15, -0.1) is 11.8 Å². The first kappa shape index (κ1) is 24.9. The van der Waals surface area contributed by atoms with Crippen molar-refractivity contribution in [2.24, 2.45) is 0 Å². The summed E-state index contributed by atoms with van der Waals surface area (Å²) < 4.78 is 39.2. The zero-order chi connectivity index (χ0) is 24.7. The summed E-state index contributed by atoms with van der Waals surface area (Å²) in [6.07, 6.45) is 0.764. The van der Waals surface area contributed by atoms with Crippen molar-refractivity contribution in [2.45, 2.75) is 23.1 Å². The summed E-state index contributed by atoms with van der Waals surface area (Å²) in [5.74, 6) is 1.47. The molecular weight excluding hydrogens is 484 g/mol. The van der Waals surface area contributed by atoms with Gasteiger partial charge in [0, 0.05) is 17.5 Å². The van der Waals surface area contributed by atoms with Crippen LogP contribution in [0.4, 0.5) is 5.69 Å². The molecule has 1 aliphatic heterocycles.